The van der Waals surface area contributed by atoms with E-state index >= 15 is 0 Å². The standard InChI is InChI=1S/C11H11BrN2O2S/c1-8-2-3-9(12)10(6-8)17(15,16)14-11(7-13)4-5-11/h2-3,6,14H,4-5H2,1H3. The van der Waals surface area contributed by atoms with Crippen LogP contribution >= 0.6 is 15.9 Å². The van der Waals surface area contributed by atoms with Crippen molar-refractivity contribution in [3.8, 4) is 6.07 Å². The Hall–Kier alpha value is -0.900. The Morgan fingerprint density at radius 2 is 2.12 bits per heavy atom. The van der Waals surface area contributed by atoms with Crippen molar-refractivity contribution in [1.29, 1.82) is 5.26 Å². The minimum Gasteiger partial charge on any atom is -0.207 e. The fourth-order valence-electron chi connectivity index (χ4n) is 1.49. The van der Waals surface area contributed by atoms with Crippen molar-refractivity contribution in [1.82, 2.24) is 4.72 Å². The Bertz CT molecular complexity index is 600. The molecule has 0 heterocycles. The average molecular weight is 315 g/mol. The molecule has 0 aromatic heterocycles. The summed E-state index contributed by atoms with van der Waals surface area (Å²) in [7, 11) is -3.64. The van der Waals surface area contributed by atoms with Crippen LogP contribution < -0.4 is 4.72 Å². The molecule has 1 N–H and O–H groups in total. The van der Waals surface area contributed by atoms with Gasteiger partial charge in [0.25, 0.3) is 0 Å². The summed E-state index contributed by atoms with van der Waals surface area (Å²) in [4.78, 5) is 0.180. The molecule has 1 fully saturated rings. The van der Waals surface area contributed by atoms with Crippen LogP contribution in [-0.4, -0.2) is 14.0 Å². The number of nitrogens with zero attached hydrogens (tertiary/aromatic N) is 1. The van der Waals surface area contributed by atoms with E-state index in [1.165, 1.54) is 0 Å². The van der Waals surface area contributed by atoms with Gasteiger partial charge in [-0.2, -0.15) is 9.98 Å². The second-order valence-corrected chi connectivity index (χ2v) is 6.74. The van der Waals surface area contributed by atoms with E-state index < -0.39 is 15.6 Å². The van der Waals surface area contributed by atoms with E-state index in [1.807, 2.05) is 19.1 Å². The van der Waals surface area contributed by atoms with Crippen molar-refractivity contribution in [3.05, 3.63) is 28.2 Å². The van der Waals surface area contributed by atoms with Crippen LogP contribution in [0, 0.1) is 18.3 Å². The second-order valence-electron chi connectivity index (χ2n) is 4.23. The summed E-state index contributed by atoms with van der Waals surface area (Å²) in [5.41, 5.74) is -0.0301. The lowest BCUT2D eigenvalue weighted by Gasteiger charge is -2.12. The first-order chi connectivity index (χ1) is 7.88. The molecule has 0 spiro atoms. The Kier molecular flexibility index (Phi) is 3.02. The van der Waals surface area contributed by atoms with Gasteiger partial charge in [-0.15, -0.1) is 0 Å². The van der Waals surface area contributed by atoms with Crippen molar-refractivity contribution in [3.63, 3.8) is 0 Å². The normalized spacial score (nSPS) is 17.5. The van der Waals surface area contributed by atoms with Crippen molar-refractivity contribution >= 4 is 26.0 Å². The number of rotatable bonds is 3. The number of benzene rings is 1. The quantitative estimate of drug-likeness (QED) is 0.928. The average Bonchev–Trinajstić information content (AvgIpc) is 3.01. The first-order valence-corrected chi connectivity index (χ1v) is 7.38. The lowest BCUT2D eigenvalue weighted by Crippen LogP contribution is -2.35. The van der Waals surface area contributed by atoms with Crippen LogP contribution in [0.15, 0.2) is 27.6 Å². The zero-order chi connectivity index (χ0) is 12.7. The minimum absolute atomic E-state index is 0.180. The molecule has 1 aliphatic rings. The summed E-state index contributed by atoms with van der Waals surface area (Å²) in [6, 6.07) is 7.10. The van der Waals surface area contributed by atoms with Gasteiger partial charge >= 0.3 is 0 Å². The molecule has 1 aromatic carbocycles. The summed E-state index contributed by atoms with van der Waals surface area (Å²) in [6.45, 7) is 1.82. The molecule has 0 unspecified atom stereocenters. The largest absolute Gasteiger partial charge is 0.243 e. The van der Waals surface area contributed by atoms with E-state index in [0.717, 1.165) is 5.56 Å². The fraction of sp³-hybridized carbons (Fsp3) is 0.364. The van der Waals surface area contributed by atoms with E-state index in [2.05, 4.69) is 20.7 Å². The monoisotopic (exact) mass is 314 g/mol. The maximum atomic E-state index is 12.1. The van der Waals surface area contributed by atoms with E-state index in [-0.39, 0.29) is 4.90 Å². The number of aryl methyl sites for hydroxylation is 1. The lowest BCUT2D eigenvalue weighted by molar-refractivity contribution is 0.570. The lowest BCUT2D eigenvalue weighted by atomic mass is 10.2. The Morgan fingerprint density at radius 1 is 1.47 bits per heavy atom. The molecular formula is C11H11BrN2O2S. The highest BCUT2D eigenvalue weighted by atomic mass is 79.9. The molecule has 2 rings (SSSR count). The number of halogens is 1. The highest BCUT2D eigenvalue weighted by molar-refractivity contribution is 9.10. The highest BCUT2D eigenvalue weighted by Crippen LogP contribution is 2.36. The van der Waals surface area contributed by atoms with Crippen molar-refractivity contribution in [2.24, 2.45) is 0 Å². The molecule has 0 radical (unpaired) electrons. The molecule has 1 aromatic rings. The molecule has 17 heavy (non-hydrogen) atoms. The van der Waals surface area contributed by atoms with E-state index in [9.17, 15) is 8.42 Å². The first kappa shape index (κ1) is 12.6. The molecule has 1 aliphatic carbocycles. The molecule has 0 aliphatic heterocycles. The van der Waals surface area contributed by atoms with Crippen LogP contribution in [0.2, 0.25) is 0 Å². The number of hydrogen-bond donors (Lipinski definition) is 1. The maximum Gasteiger partial charge on any atom is 0.243 e. The van der Waals surface area contributed by atoms with Gasteiger partial charge in [-0.3, -0.25) is 0 Å². The summed E-state index contributed by atoms with van der Waals surface area (Å²) < 4.78 is 27.2. The first-order valence-electron chi connectivity index (χ1n) is 5.10. The molecule has 0 saturated heterocycles. The highest BCUT2D eigenvalue weighted by Gasteiger charge is 2.47. The van der Waals surface area contributed by atoms with Gasteiger partial charge in [0, 0.05) is 4.47 Å². The van der Waals surface area contributed by atoms with E-state index in [4.69, 9.17) is 5.26 Å². The van der Waals surface area contributed by atoms with Crippen LogP contribution in [0.1, 0.15) is 18.4 Å². The van der Waals surface area contributed by atoms with Gasteiger partial charge in [-0.1, -0.05) is 6.07 Å². The van der Waals surface area contributed by atoms with Crippen LogP contribution in [0.4, 0.5) is 0 Å². The Balaban J connectivity index is 2.39. The summed E-state index contributed by atoms with van der Waals surface area (Å²) in [6.07, 6.45) is 1.15. The molecule has 4 nitrogen and oxygen atoms in total. The van der Waals surface area contributed by atoms with Gasteiger partial charge < -0.3 is 0 Å². The molecule has 0 atom stereocenters. The second kappa shape index (κ2) is 4.09. The third-order valence-corrected chi connectivity index (χ3v) is 5.20. The zero-order valence-electron chi connectivity index (χ0n) is 9.20. The SMILES string of the molecule is Cc1ccc(Br)c(S(=O)(=O)NC2(C#N)CC2)c1. The molecular weight excluding hydrogens is 304 g/mol. The summed E-state index contributed by atoms with van der Waals surface area (Å²) in [5, 5.41) is 8.90. The van der Waals surface area contributed by atoms with Gasteiger partial charge in [-0.25, -0.2) is 8.42 Å². The third-order valence-electron chi connectivity index (χ3n) is 2.67. The summed E-state index contributed by atoms with van der Waals surface area (Å²) >= 11 is 3.21. The minimum atomic E-state index is -3.64. The number of nitrogens with one attached hydrogen (secondary N) is 1. The van der Waals surface area contributed by atoms with E-state index in [1.54, 1.807) is 12.1 Å². The number of hydrogen-bond acceptors (Lipinski definition) is 3. The van der Waals surface area contributed by atoms with Gasteiger partial charge in [0.2, 0.25) is 10.0 Å². The predicted octanol–water partition coefficient (Wildman–Crippen LogP) is 2.09. The summed E-state index contributed by atoms with van der Waals surface area (Å²) in [5.74, 6) is 0. The van der Waals surface area contributed by atoms with Gasteiger partial charge in [0.1, 0.15) is 5.54 Å². The smallest absolute Gasteiger partial charge is 0.207 e. The predicted molar refractivity (Wildman–Crippen MR) is 66.8 cm³/mol. The van der Waals surface area contributed by atoms with Crippen molar-refractivity contribution in [2.45, 2.75) is 30.2 Å². The Labute approximate surface area is 109 Å². The fourth-order valence-corrected chi connectivity index (χ4v) is 3.92. The van der Waals surface area contributed by atoms with Crippen LogP contribution in [0.5, 0.6) is 0 Å². The van der Waals surface area contributed by atoms with E-state index in [0.29, 0.717) is 17.3 Å². The third kappa shape index (κ3) is 2.51. The van der Waals surface area contributed by atoms with Crippen molar-refractivity contribution < 1.29 is 8.42 Å². The molecule has 0 bridgehead atoms. The topological polar surface area (TPSA) is 70.0 Å². The van der Waals surface area contributed by atoms with Gasteiger partial charge in [-0.05, 0) is 53.4 Å². The Morgan fingerprint density at radius 3 is 2.65 bits per heavy atom. The molecule has 0 amide bonds. The van der Waals surface area contributed by atoms with Crippen LogP contribution in [0.25, 0.3) is 0 Å². The van der Waals surface area contributed by atoms with Crippen LogP contribution in [-0.2, 0) is 10.0 Å². The zero-order valence-corrected chi connectivity index (χ0v) is 11.6. The van der Waals surface area contributed by atoms with Crippen LogP contribution in [0.3, 0.4) is 0 Å². The number of nitriles is 1. The molecule has 1 saturated carbocycles. The number of sulfonamides is 1. The van der Waals surface area contributed by atoms with Crippen molar-refractivity contribution in [2.75, 3.05) is 0 Å². The molecule has 6 heteroatoms. The van der Waals surface area contributed by atoms with Gasteiger partial charge in [0.05, 0.1) is 11.0 Å². The van der Waals surface area contributed by atoms with Gasteiger partial charge in [0.15, 0.2) is 0 Å². The maximum absolute atomic E-state index is 12.1. The molecule has 90 valence electrons.